The van der Waals surface area contributed by atoms with E-state index in [-0.39, 0.29) is 16.7 Å². The van der Waals surface area contributed by atoms with Crippen LogP contribution in [0.4, 0.5) is 22.0 Å². The molecule has 2 aromatic rings. The molecule has 0 amide bonds. The smallest absolute Gasteiger partial charge is 0.207 e. The van der Waals surface area contributed by atoms with E-state index in [4.69, 9.17) is 0 Å². The standard InChI is InChI=1S/C15H10BrF5/c1-8-6-10(13(18)7-12(8)17)14(16)9-4-2-3-5-11(9)15(19,20)21/h2-7,14H,1H3. The summed E-state index contributed by atoms with van der Waals surface area (Å²) in [5.74, 6) is -1.63. The van der Waals surface area contributed by atoms with E-state index in [0.29, 0.717) is 6.07 Å². The molecule has 1 atom stereocenters. The fraction of sp³-hybridized carbons (Fsp3) is 0.200. The lowest BCUT2D eigenvalue weighted by Crippen LogP contribution is -2.11. The largest absolute Gasteiger partial charge is 0.416 e. The third-order valence-electron chi connectivity index (χ3n) is 3.09. The first-order valence-electron chi connectivity index (χ1n) is 5.97. The summed E-state index contributed by atoms with van der Waals surface area (Å²) in [7, 11) is 0. The van der Waals surface area contributed by atoms with Crippen LogP contribution < -0.4 is 0 Å². The van der Waals surface area contributed by atoms with Gasteiger partial charge in [-0.1, -0.05) is 34.1 Å². The van der Waals surface area contributed by atoms with E-state index in [9.17, 15) is 22.0 Å². The molecule has 2 aromatic carbocycles. The molecule has 0 radical (unpaired) electrons. The predicted octanol–water partition coefficient (Wildman–Crippen LogP) is 5.78. The van der Waals surface area contributed by atoms with Crippen LogP contribution in [0, 0.1) is 18.6 Å². The zero-order valence-electron chi connectivity index (χ0n) is 10.8. The Labute approximate surface area is 126 Å². The van der Waals surface area contributed by atoms with Crippen LogP contribution in [-0.2, 0) is 6.18 Å². The van der Waals surface area contributed by atoms with Crippen molar-refractivity contribution >= 4 is 15.9 Å². The average molecular weight is 365 g/mol. The Morgan fingerprint density at radius 3 is 2.19 bits per heavy atom. The number of alkyl halides is 4. The van der Waals surface area contributed by atoms with Gasteiger partial charge in [0.05, 0.1) is 10.4 Å². The summed E-state index contributed by atoms with van der Waals surface area (Å²) in [5.41, 5.74) is -0.839. The van der Waals surface area contributed by atoms with E-state index in [0.717, 1.165) is 6.07 Å². The quantitative estimate of drug-likeness (QED) is 0.468. The van der Waals surface area contributed by atoms with Crippen molar-refractivity contribution in [1.82, 2.24) is 0 Å². The number of rotatable bonds is 2. The third-order valence-corrected chi connectivity index (χ3v) is 4.08. The van der Waals surface area contributed by atoms with E-state index in [2.05, 4.69) is 15.9 Å². The van der Waals surface area contributed by atoms with Gasteiger partial charge in [0.1, 0.15) is 11.6 Å². The summed E-state index contributed by atoms with van der Waals surface area (Å²) in [6, 6.07) is 6.77. The van der Waals surface area contributed by atoms with Crippen molar-refractivity contribution < 1.29 is 22.0 Å². The molecule has 21 heavy (non-hydrogen) atoms. The molecule has 0 spiro atoms. The van der Waals surface area contributed by atoms with Gasteiger partial charge in [-0.15, -0.1) is 0 Å². The minimum Gasteiger partial charge on any atom is -0.207 e. The SMILES string of the molecule is Cc1cc(C(Br)c2ccccc2C(F)(F)F)c(F)cc1F. The molecule has 0 bridgehead atoms. The fourth-order valence-corrected chi connectivity index (χ4v) is 2.77. The molecular weight excluding hydrogens is 355 g/mol. The number of halogens is 6. The van der Waals surface area contributed by atoms with Gasteiger partial charge in [0.15, 0.2) is 0 Å². The molecule has 0 nitrogen and oxygen atoms in total. The molecule has 112 valence electrons. The molecule has 0 aliphatic heterocycles. The monoisotopic (exact) mass is 364 g/mol. The molecule has 2 rings (SSSR count). The summed E-state index contributed by atoms with van der Waals surface area (Å²) in [5, 5.41) is 0. The van der Waals surface area contributed by atoms with Crippen molar-refractivity contribution in [2.75, 3.05) is 0 Å². The van der Waals surface area contributed by atoms with E-state index in [1.165, 1.54) is 31.2 Å². The lowest BCUT2D eigenvalue weighted by molar-refractivity contribution is -0.138. The molecule has 0 aliphatic carbocycles. The summed E-state index contributed by atoms with van der Waals surface area (Å²) >= 11 is 3.08. The van der Waals surface area contributed by atoms with Crippen molar-refractivity contribution in [3.05, 3.63) is 70.3 Å². The number of aryl methyl sites for hydroxylation is 1. The van der Waals surface area contributed by atoms with Crippen LogP contribution in [0.2, 0.25) is 0 Å². The zero-order valence-corrected chi connectivity index (χ0v) is 12.4. The molecule has 0 saturated carbocycles. The van der Waals surface area contributed by atoms with Gasteiger partial charge in [-0.25, -0.2) is 8.78 Å². The fourth-order valence-electron chi connectivity index (χ4n) is 2.02. The maximum atomic E-state index is 13.8. The van der Waals surface area contributed by atoms with Gasteiger partial charge in [0, 0.05) is 11.6 Å². The first kappa shape index (κ1) is 15.9. The highest BCUT2D eigenvalue weighted by atomic mass is 79.9. The summed E-state index contributed by atoms with van der Waals surface area (Å²) in [6.45, 7) is 1.42. The molecule has 1 unspecified atom stereocenters. The highest BCUT2D eigenvalue weighted by Gasteiger charge is 2.35. The van der Waals surface area contributed by atoms with Crippen molar-refractivity contribution in [2.45, 2.75) is 17.9 Å². The third kappa shape index (κ3) is 3.26. The van der Waals surface area contributed by atoms with Gasteiger partial charge < -0.3 is 0 Å². The van der Waals surface area contributed by atoms with Crippen LogP contribution in [0.15, 0.2) is 36.4 Å². The number of benzene rings is 2. The highest BCUT2D eigenvalue weighted by Crippen LogP contribution is 2.41. The van der Waals surface area contributed by atoms with Crippen molar-refractivity contribution in [1.29, 1.82) is 0 Å². The van der Waals surface area contributed by atoms with Crippen molar-refractivity contribution in [3.8, 4) is 0 Å². The second-order valence-electron chi connectivity index (χ2n) is 4.57. The van der Waals surface area contributed by atoms with Gasteiger partial charge >= 0.3 is 6.18 Å². The van der Waals surface area contributed by atoms with Gasteiger partial charge in [-0.3, -0.25) is 0 Å². The maximum Gasteiger partial charge on any atom is 0.416 e. The molecule has 0 N–H and O–H groups in total. The lowest BCUT2D eigenvalue weighted by Gasteiger charge is -2.18. The van der Waals surface area contributed by atoms with Crippen molar-refractivity contribution in [3.63, 3.8) is 0 Å². The summed E-state index contributed by atoms with van der Waals surface area (Å²) < 4.78 is 66.1. The molecule has 0 heterocycles. The van der Waals surface area contributed by atoms with Crippen molar-refractivity contribution in [2.24, 2.45) is 0 Å². The Bertz CT molecular complexity index is 664. The van der Waals surface area contributed by atoms with E-state index >= 15 is 0 Å². The van der Waals surface area contributed by atoms with E-state index in [1.54, 1.807) is 0 Å². The second-order valence-corrected chi connectivity index (χ2v) is 5.49. The molecule has 0 aliphatic rings. The normalized spacial score (nSPS) is 13.3. The van der Waals surface area contributed by atoms with Crippen LogP contribution in [0.1, 0.15) is 27.1 Å². The van der Waals surface area contributed by atoms with Crippen LogP contribution in [0.3, 0.4) is 0 Å². The summed E-state index contributed by atoms with van der Waals surface area (Å²) in [4.78, 5) is -1.02. The van der Waals surface area contributed by atoms with Crippen LogP contribution in [0.25, 0.3) is 0 Å². The van der Waals surface area contributed by atoms with Crippen LogP contribution in [-0.4, -0.2) is 0 Å². The minimum absolute atomic E-state index is 0.0365. The molecule has 0 saturated heterocycles. The maximum absolute atomic E-state index is 13.8. The molecule has 0 aromatic heterocycles. The minimum atomic E-state index is -4.55. The Kier molecular flexibility index (Phi) is 4.37. The molecule has 6 heteroatoms. The average Bonchev–Trinajstić information content (AvgIpc) is 2.41. The summed E-state index contributed by atoms with van der Waals surface area (Å²) in [6.07, 6.45) is -4.55. The number of hydrogen-bond acceptors (Lipinski definition) is 0. The Balaban J connectivity index is 2.56. The molecular formula is C15H10BrF5. The number of hydrogen-bond donors (Lipinski definition) is 0. The predicted molar refractivity (Wildman–Crippen MR) is 73.3 cm³/mol. The van der Waals surface area contributed by atoms with Crippen LogP contribution >= 0.6 is 15.9 Å². The van der Waals surface area contributed by atoms with E-state index < -0.39 is 28.2 Å². The Morgan fingerprint density at radius 1 is 0.952 bits per heavy atom. The molecule has 0 fully saturated rings. The first-order chi connectivity index (χ1) is 9.71. The van der Waals surface area contributed by atoms with E-state index in [1.807, 2.05) is 0 Å². The van der Waals surface area contributed by atoms with Gasteiger partial charge in [-0.05, 0) is 30.2 Å². The van der Waals surface area contributed by atoms with Gasteiger partial charge in [0.25, 0.3) is 0 Å². The van der Waals surface area contributed by atoms with Gasteiger partial charge in [0.2, 0.25) is 0 Å². The second kappa shape index (κ2) is 5.75. The Hall–Kier alpha value is -1.43. The first-order valence-corrected chi connectivity index (χ1v) is 6.89. The Morgan fingerprint density at radius 2 is 1.57 bits per heavy atom. The zero-order chi connectivity index (χ0) is 15.8. The van der Waals surface area contributed by atoms with Crippen LogP contribution in [0.5, 0.6) is 0 Å². The highest BCUT2D eigenvalue weighted by molar-refractivity contribution is 9.09. The topological polar surface area (TPSA) is 0 Å². The lowest BCUT2D eigenvalue weighted by atomic mass is 9.97. The van der Waals surface area contributed by atoms with Gasteiger partial charge in [-0.2, -0.15) is 13.2 Å².